The molecule has 0 saturated carbocycles. The number of halogens is 3. The number of para-hydroxylation sites is 1. The van der Waals surface area contributed by atoms with Crippen LogP contribution in [0.2, 0.25) is 0 Å². The Balaban J connectivity index is 1.99. The minimum atomic E-state index is -4.62. The molecule has 138 valence electrons. The highest BCUT2D eigenvalue weighted by atomic mass is 32.2. The minimum Gasteiger partial charge on any atom is -0.487 e. The van der Waals surface area contributed by atoms with Gasteiger partial charge >= 0.3 is 6.18 Å². The van der Waals surface area contributed by atoms with E-state index in [1.807, 2.05) is 19.9 Å². The largest absolute Gasteiger partial charge is 0.487 e. The van der Waals surface area contributed by atoms with E-state index in [0.29, 0.717) is 16.7 Å². The summed E-state index contributed by atoms with van der Waals surface area (Å²) in [5, 5.41) is 7.50. The van der Waals surface area contributed by atoms with Gasteiger partial charge in [-0.15, -0.1) is 22.0 Å². The zero-order valence-electron chi connectivity index (χ0n) is 14.2. The van der Waals surface area contributed by atoms with Crippen molar-refractivity contribution in [2.75, 3.05) is 5.75 Å². The fourth-order valence-electron chi connectivity index (χ4n) is 2.25. The molecule has 2 aromatic heterocycles. The smallest absolute Gasteiger partial charge is 0.452 e. The van der Waals surface area contributed by atoms with Gasteiger partial charge in [-0.3, -0.25) is 4.40 Å². The second kappa shape index (κ2) is 7.53. The highest BCUT2D eigenvalue weighted by molar-refractivity contribution is 7.99. The molecule has 0 saturated heterocycles. The van der Waals surface area contributed by atoms with E-state index in [1.165, 1.54) is 18.0 Å². The number of rotatable bonds is 6. The van der Waals surface area contributed by atoms with E-state index in [4.69, 9.17) is 4.74 Å². The van der Waals surface area contributed by atoms with Crippen molar-refractivity contribution in [3.05, 3.63) is 48.0 Å². The summed E-state index contributed by atoms with van der Waals surface area (Å²) in [4.78, 5) is 4.28. The normalized spacial score (nSPS) is 12.1. The molecule has 0 fully saturated rings. The molecule has 26 heavy (non-hydrogen) atoms. The van der Waals surface area contributed by atoms with Crippen molar-refractivity contribution in [1.82, 2.24) is 19.6 Å². The summed E-state index contributed by atoms with van der Waals surface area (Å²) in [5.41, 5.74) is 0.326. The number of alkyl halides is 3. The van der Waals surface area contributed by atoms with Gasteiger partial charge in [0.15, 0.2) is 5.65 Å². The van der Waals surface area contributed by atoms with E-state index in [0.717, 1.165) is 10.2 Å². The lowest BCUT2D eigenvalue weighted by Crippen LogP contribution is -2.15. The van der Waals surface area contributed by atoms with Crippen LogP contribution in [0.15, 0.2) is 41.6 Å². The highest BCUT2D eigenvalue weighted by Crippen LogP contribution is 2.31. The van der Waals surface area contributed by atoms with Crippen LogP contribution >= 0.6 is 11.8 Å². The first-order valence-corrected chi connectivity index (χ1v) is 8.95. The molecule has 0 bridgehead atoms. The number of hydrogen-bond acceptors (Lipinski definition) is 5. The molecule has 0 aliphatic carbocycles. The number of hydrogen-bond donors (Lipinski definition) is 0. The Morgan fingerprint density at radius 1 is 1.15 bits per heavy atom. The van der Waals surface area contributed by atoms with Gasteiger partial charge < -0.3 is 4.74 Å². The first-order chi connectivity index (χ1) is 12.4. The van der Waals surface area contributed by atoms with Gasteiger partial charge in [-0.1, -0.05) is 32.0 Å². The van der Waals surface area contributed by atoms with Crippen LogP contribution in [0.25, 0.3) is 5.65 Å². The molecule has 0 aliphatic rings. The van der Waals surface area contributed by atoms with Gasteiger partial charge in [-0.2, -0.15) is 13.2 Å². The quantitative estimate of drug-likeness (QED) is 0.589. The molecule has 1 aromatic carbocycles. The van der Waals surface area contributed by atoms with E-state index in [-0.39, 0.29) is 17.9 Å². The van der Waals surface area contributed by atoms with Gasteiger partial charge in [0, 0.05) is 5.75 Å². The Morgan fingerprint density at radius 3 is 2.54 bits per heavy atom. The first-order valence-electron chi connectivity index (χ1n) is 7.97. The average Bonchev–Trinajstić information content (AvgIpc) is 3.05. The maximum atomic E-state index is 13.3. The van der Waals surface area contributed by atoms with Gasteiger partial charge in [0.05, 0.1) is 11.9 Å². The lowest BCUT2D eigenvalue weighted by Gasteiger charge is -2.12. The Morgan fingerprint density at radius 2 is 1.88 bits per heavy atom. The van der Waals surface area contributed by atoms with E-state index in [2.05, 4.69) is 15.2 Å². The van der Waals surface area contributed by atoms with Gasteiger partial charge in [-0.25, -0.2) is 4.98 Å². The third-order valence-corrected chi connectivity index (χ3v) is 4.80. The predicted octanol–water partition coefficient (Wildman–Crippen LogP) is 4.47. The van der Waals surface area contributed by atoms with Crippen LogP contribution in [-0.2, 0) is 12.8 Å². The minimum absolute atomic E-state index is 0.0796. The molecule has 3 aromatic rings. The lowest BCUT2D eigenvalue weighted by molar-refractivity contribution is -0.145. The summed E-state index contributed by atoms with van der Waals surface area (Å²) in [7, 11) is 0. The summed E-state index contributed by atoms with van der Waals surface area (Å²) < 4.78 is 46.6. The topological polar surface area (TPSA) is 52.3 Å². The van der Waals surface area contributed by atoms with Crippen molar-refractivity contribution < 1.29 is 17.9 Å². The van der Waals surface area contributed by atoms with E-state index < -0.39 is 12.0 Å². The average molecular weight is 382 g/mol. The monoisotopic (exact) mass is 382 g/mol. The second-order valence-corrected chi connectivity index (χ2v) is 7.05. The van der Waals surface area contributed by atoms with Crippen LogP contribution in [0.5, 0.6) is 5.75 Å². The fraction of sp³-hybridized carbons (Fsp3) is 0.353. The van der Waals surface area contributed by atoms with Crippen molar-refractivity contribution >= 4 is 17.4 Å². The van der Waals surface area contributed by atoms with E-state index in [1.54, 1.807) is 24.3 Å². The molecular weight excluding hydrogens is 365 g/mol. The number of aromatic nitrogens is 4. The lowest BCUT2D eigenvalue weighted by atomic mass is 10.3. The Kier molecular flexibility index (Phi) is 5.36. The van der Waals surface area contributed by atoms with Crippen molar-refractivity contribution in [1.29, 1.82) is 0 Å². The molecule has 0 N–H and O–H groups in total. The molecule has 0 spiro atoms. The molecular formula is C17H17F3N4OS. The van der Waals surface area contributed by atoms with Crippen LogP contribution in [0.4, 0.5) is 13.2 Å². The van der Waals surface area contributed by atoms with E-state index >= 15 is 0 Å². The molecule has 0 amide bonds. The molecule has 0 atom stereocenters. The standard InChI is InChI=1S/C17H17F3N4OS/c1-11(2)10-26-15-14-22-23-16(17(18,19)20)24(14)12(8-21-15)9-25-13-6-4-3-5-7-13/h3-8,11H,9-10H2,1-2H3. The molecule has 0 aliphatic heterocycles. The maximum absolute atomic E-state index is 13.3. The number of benzene rings is 1. The van der Waals surface area contributed by atoms with Crippen LogP contribution in [0.1, 0.15) is 25.4 Å². The molecule has 3 rings (SSSR count). The summed E-state index contributed by atoms with van der Waals surface area (Å²) in [6.45, 7) is 3.97. The van der Waals surface area contributed by atoms with Crippen LogP contribution in [0, 0.1) is 5.92 Å². The molecule has 5 nitrogen and oxygen atoms in total. The molecule has 0 radical (unpaired) electrons. The first kappa shape index (κ1) is 18.5. The van der Waals surface area contributed by atoms with Crippen molar-refractivity contribution in [2.45, 2.75) is 31.7 Å². The number of fused-ring (bicyclic) bond motifs is 1. The fourth-order valence-corrected chi connectivity index (χ4v) is 3.13. The Labute approximate surface area is 152 Å². The van der Waals surface area contributed by atoms with Gasteiger partial charge in [0.1, 0.15) is 17.4 Å². The second-order valence-electron chi connectivity index (χ2n) is 6.04. The summed E-state index contributed by atoms with van der Waals surface area (Å²) in [6.07, 6.45) is -3.24. The summed E-state index contributed by atoms with van der Waals surface area (Å²) in [5.74, 6) is 0.568. The van der Waals surface area contributed by atoms with Gasteiger partial charge in [0.25, 0.3) is 0 Å². The number of ether oxygens (including phenoxy) is 1. The van der Waals surface area contributed by atoms with Crippen LogP contribution in [-0.4, -0.2) is 25.3 Å². The maximum Gasteiger partial charge on any atom is 0.452 e. The SMILES string of the molecule is CC(C)CSc1ncc(COc2ccccc2)n2c(C(F)(F)F)nnc12. The summed E-state index contributed by atoms with van der Waals surface area (Å²) in [6, 6.07) is 8.86. The predicted molar refractivity (Wildman–Crippen MR) is 92.1 cm³/mol. The zero-order chi connectivity index (χ0) is 18.7. The molecule has 0 unspecified atom stereocenters. The van der Waals surface area contributed by atoms with Crippen molar-refractivity contribution in [3.8, 4) is 5.75 Å². The highest BCUT2D eigenvalue weighted by Gasteiger charge is 2.38. The third kappa shape index (κ3) is 4.09. The van der Waals surface area contributed by atoms with Crippen LogP contribution < -0.4 is 4.74 Å². The Bertz CT molecular complexity index is 881. The molecule has 9 heteroatoms. The Hall–Kier alpha value is -2.29. The number of thioether (sulfide) groups is 1. The third-order valence-electron chi connectivity index (χ3n) is 3.41. The molecule has 2 heterocycles. The van der Waals surface area contributed by atoms with Crippen molar-refractivity contribution in [2.24, 2.45) is 5.92 Å². The van der Waals surface area contributed by atoms with E-state index in [9.17, 15) is 13.2 Å². The zero-order valence-corrected chi connectivity index (χ0v) is 15.0. The number of nitrogens with zero attached hydrogens (tertiary/aromatic N) is 4. The van der Waals surface area contributed by atoms with Gasteiger partial charge in [-0.05, 0) is 18.1 Å². The van der Waals surface area contributed by atoms with Crippen LogP contribution in [0.3, 0.4) is 0 Å². The van der Waals surface area contributed by atoms with Crippen molar-refractivity contribution in [3.63, 3.8) is 0 Å². The summed E-state index contributed by atoms with van der Waals surface area (Å²) >= 11 is 1.36. The van der Waals surface area contributed by atoms with Gasteiger partial charge in [0.2, 0.25) is 5.82 Å².